The average molecular weight is 737 g/mol. The molecule has 1 unspecified atom stereocenters. The van der Waals surface area contributed by atoms with Crippen LogP contribution >= 0.6 is 0 Å². The molecular formula is C36H44N6O9S. The van der Waals surface area contributed by atoms with Crippen molar-refractivity contribution in [3.63, 3.8) is 0 Å². The highest BCUT2D eigenvalue weighted by molar-refractivity contribution is 7.91. The Morgan fingerprint density at radius 1 is 1.12 bits per heavy atom. The molecule has 1 saturated heterocycles. The van der Waals surface area contributed by atoms with Crippen molar-refractivity contribution in [1.82, 2.24) is 30.6 Å². The first-order chi connectivity index (χ1) is 24.5. The smallest absolute Gasteiger partial charge is 0.408 e. The van der Waals surface area contributed by atoms with Gasteiger partial charge in [0.05, 0.1) is 11.8 Å². The maximum atomic E-state index is 14.3. The zero-order valence-electron chi connectivity index (χ0n) is 29.3. The first-order valence-electron chi connectivity index (χ1n) is 16.9. The van der Waals surface area contributed by atoms with Gasteiger partial charge in [-0.15, -0.1) is 6.58 Å². The Hall–Kier alpha value is -5.25. The molecule has 0 radical (unpaired) electrons. The highest BCUT2D eigenvalue weighted by Crippen LogP contribution is 2.45. The van der Waals surface area contributed by atoms with Crippen molar-refractivity contribution in [2.45, 2.75) is 81.0 Å². The second-order valence-corrected chi connectivity index (χ2v) is 16.1. The summed E-state index contributed by atoms with van der Waals surface area (Å²) in [5.41, 5.74) is -1.71. The Kier molecular flexibility index (Phi) is 10.8. The Morgan fingerprint density at radius 3 is 2.46 bits per heavy atom. The normalized spacial score (nSPS) is 23.1. The van der Waals surface area contributed by atoms with E-state index in [0.29, 0.717) is 18.2 Å². The molecule has 5 amide bonds. The molecule has 2 aromatic rings. The molecule has 3 aliphatic rings. The molecule has 1 aromatic carbocycles. The number of sulfonamides is 1. The summed E-state index contributed by atoms with van der Waals surface area (Å²) < 4.78 is 39.1. The lowest BCUT2D eigenvalue weighted by atomic mass is 10.1. The monoisotopic (exact) mass is 736 g/mol. The Balaban J connectivity index is 1.45. The van der Waals surface area contributed by atoms with Crippen LogP contribution in [0.2, 0.25) is 0 Å². The summed E-state index contributed by atoms with van der Waals surface area (Å²) >= 11 is 0. The summed E-state index contributed by atoms with van der Waals surface area (Å²) in [4.78, 5) is 72.5. The van der Waals surface area contributed by atoms with Crippen LogP contribution in [-0.2, 0) is 33.9 Å². The van der Waals surface area contributed by atoms with Gasteiger partial charge in [0.2, 0.25) is 33.6 Å². The largest absolute Gasteiger partial charge is 0.472 e. The number of pyridine rings is 1. The summed E-state index contributed by atoms with van der Waals surface area (Å²) in [6.07, 6.45) is 4.85. The predicted molar refractivity (Wildman–Crippen MR) is 192 cm³/mol. The first kappa shape index (κ1) is 38.0. The van der Waals surface area contributed by atoms with Crippen molar-refractivity contribution in [2.24, 2.45) is 5.92 Å². The summed E-state index contributed by atoms with van der Waals surface area (Å²) in [6.45, 7) is 15.4. The van der Waals surface area contributed by atoms with Crippen LogP contribution in [0.3, 0.4) is 0 Å². The van der Waals surface area contributed by atoms with Gasteiger partial charge in [-0.2, -0.15) is 0 Å². The van der Waals surface area contributed by atoms with Gasteiger partial charge in [0, 0.05) is 30.5 Å². The van der Waals surface area contributed by atoms with Gasteiger partial charge in [-0.05, 0) is 69.2 Å². The van der Waals surface area contributed by atoms with E-state index < -0.39 is 80.2 Å². The fourth-order valence-corrected chi connectivity index (χ4v) is 7.42. The quantitative estimate of drug-likeness (QED) is 0.164. The van der Waals surface area contributed by atoms with Crippen LogP contribution in [0.4, 0.5) is 4.79 Å². The highest BCUT2D eigenvalue weighted by Gasteiger charge is 2.62. The Morgan fingerprint density at radius 2 is 1.85 bits per heavy atom. The molecule has 16 heteroatoms. The van der Waals surface area contributed by atoms with E-state index in [9.17, 15) is 32.4 Å². The number of aromatic nitrogens is 1. The number of hydrogen-bond acceptors (Lipinski definition) is 10. The molecule has 5 atom stereocenters. The number of likely N-dealkylation sites (tertiary alicyclic amines) is 1. The van der Waals surface area contributed by atoms with Gasteiger partial charge < -0.3 is 30.3 Å². The van der Waals surface area contributed by atoms with Crippen molar-refractivity contribution in [2.75, 3.05) is 13.1 Å². The maximum Gasteiger partial charge on any atom is 0.408 e. The molecule has 3 fully saturated rings. The minimum atomic E-state index is -3.93. The van der Waals surface area contributed by atoms with E-state index in [1.807, 2.05) is 18.2 Å². The van der Waals surface area contributed by atoms with E-state index in [0.717, 1.165) is 17.0 Å². The number of carbonyl (C=O) groups excluding carboxylic acids is 5. The van der Waals surface area contributed by atoms with Crippen LogP contribution in [0.25, 0.3) is 16.8 Å². The third-order valence-corrected chi connectivity index (χ3v) is 10.8. The number of hydrogen-bond donors (Lipinski definition) is 4. The zero-order chi connectivity index (χ0) is 38.0. The number of benzene rings is 1. The Labute approximate surface area is 302 Å². The predicted octanol–water partition coefficient (Wildman–Crippen LogP) is 2.09. The molecule has 5 rings (SSSR count). The molecule has 2 heterocycles. The van der Waals surface area contributed by atoms with Gasteiger partial charge in [-0.1, -0.05) is 37.4 Å². The summed E-state index contributed by atoms with van der Waals surface area (Å²) in [5.74, 6) is -3.34. The van der Waals surface area contributed by atoms with Gasteiger partial charge in [-0.3, -0.25) is 23.9 Å². The molecule has 2 aliphatic carbocycles. The van der Waals surface area contributed by atoms with Crippen LogP contribution < -0.4 is 25.4 Å². The molecule has 2 saturated carbocycles. The van der Waals surface area contributed by atoms with Crippen LogP contribution in [0.5, 0.6) is 5.88 Å². The summed E-state index contributed by atoms with van der Waals surface area (Å²) in [6, 6.07) is 4.75. The van der Waals surface area contributed by atoms with Crippen molar-refractivity contribution in [3.8, 4) is 5.88 Å². The minimum absolute atomic E-state index is 0.0637. The molecule has 1 aliphatic heterocycles. The molecule has 0 spiro atoms. The minimum Gasteiger partial charge on any atom is -0.472 e. The van der Waals surface area contributed by atoms with Crippen molar-refractivity contribution in [1.29, 1.82) is 0 Å². The van der Waals surface area contributed by atoms with Crippen LogP contribution in [0.1, 0.15) is 52.0 Å². The van der Waals surface area contributed by atoms with Crippen molar-refractivity contribution < 1.29 is 41.9 Å². The lowest BCUT2D eigenvalue weighted by Gasteiger charge is -2.30. The van der Waals surface area contributed by atoms with E-state index >= 15 is 0 Å². The van der Waals surface area contributed by atoms with Crippen LogP contribution in [-0.4, -0.2) is 95.7 Å². The fraction of sp³-hybridized carbons (Fsp3) is 0.444. The third-order valence-electron chi connectivity index (χ3n) is 9.02. The lowest BCUT2D eigenvalue weighted by Crippen LogP contribution is -2.59. The standard InChI is InChI=1S/C36H44N6O9S/c1-7-21-10-11-22-14-15-37-31(26(22)16-21)50-24-17-28(30(44)40-36(18-23(36)8-2)33(46)41-52(48,49)25-12-13-25)42(20-24)32(45)27(19-38-29(43)9-3)39-34(47)51-35(4,5)6/h7-11,14-16,23-25,27-28H,1-3,12-13,17-20H2,4-6H3,(H,38,43)(H,39,47)(H,40,44)(H,41,46)/t23-,24?,27+,28+,36-/m1/s1. The third kappa shape index (κ3) is 8.61. The highest BCUT2D eigenvalue weighted by atomic mass is 32.2. The number of carbonyl (C=O) groups is 5. The summed E-state index contributed by atoms with van der Waals surface area (Å²) in [5, 5.41) is 8.53. The molecule has 278 valence electrons. The number of rotatable bonds is 14. The number of ether oxygens (including phenoxy) is 2. The lowest BCUT2D eigenvalue weighted by molar-refractivity contribution is -0.141. The fourth-order valence-electron chi connectivity index (χ4n) is 6.06. The number of fused-ring (bicyclic) bond motifs is 1. The second-order valence-electron chi connectivity index (χ2n) is 14.1. The molecule has 4 N–H and O–H groups in total. The number of nitrogens with zero attached hydrogens (tertiary/aromatic N) is 2. The van der Waals surface area contributed by atoms with Crippen molar-refractivity contribution in [3.05, 3.63) is 67.9 Å². The van der Waals surface area contributed by atoms with E-state index in [1.165, 1.54) is 11.0 Å². The SMILES string of the molecule is C=CC(=O)NC[C@H](NC(=O)OC(C)(C)C)C(=O)N1CC(Oc2nccc3ccc(C=C)cc23)C[C@H]1C(=O)N[C@]1(C(=O)NS(=O)(=O)C2CC2)C[C@H]1C=C. The summed E-state index contributed by atoms with van der Waals surface area (Å²) in [7, 11) is -3.93. The molecule has 1 aromatic heterocycles. The van der Waals surface area contributed by atoms with Gasteiger partial charge in [0.1, 0.15) is 29.3 Å². The topological polar surface area (TPSA) is 202 Å². The number of amides is 5. The molecule has 0 bridgehead atoms. The zero-order valence-corrected chi connectivity index (χ0v) is 30.2. The van der Waals surface area contributed by atoms with Gasteiger partial charge in [-0.25, -0.2) is 18.2 Å². The maximum absolute atomic E-state index is 14.3. The van der Waals surface area contributed by atoms with Gasteiger partial charge in [0.25, 0.3) is 5.91 Å². The second kappa shape index (κ2) is 14.8. The van der Waals surface area contributed by atoms with Gasteiger partial charge in [0.15, 0.2) is 0 Å². The number of alkyl carbamates (subject to hydrolysis) is 1. The Bertz CT molecular complexity index is 1920. The molecule has 52 heavy (non-hydrogen) atoms. The molecular weight excluding hydrogens is 692 g/mol. The number of nitrogens with one attached hydrogen (secondary N) is 4. The van der Waals surface area contributed by atoms with Gasteiger partial charge >= 0.3 is 6.09 Å². The van der Waals surface area contributed by atoms with E-state index in [2.05, 4.69) is 45.4 Å². The van der Waals surface area contributed by atoms with E-state index in [-0.39, 0.29) is 31.8 Å². The van der Waals surface area contributed by atoms with E-state index in [4.69, 9.17) is 9.47 Å². The van der Waals surface area contributed by atoms with Crippen molar-refractivity contribution >= 4 is 56.6 Å². The van der Waals surface area contributed by atoms with Crippen LogP contribution in [0, 0.1) is 5.92 Å². The average Bonchev–Trinajstić information content (AvgIpc) is 4.02. The van der Waals surface area contributed by atoms with Crippen LogP contribution in [0.15, 0.2) is 62.4 Å². The molecule has 15 nitrogen and oxygen atoms in total. The first-order valence-corrected chi connectivity index (χ1v) is 18.4. The van der Waals surface area contributed by atoms with E-state index in [1.54, 1.807) is 39.1 Å².